The van der Waals surface area contributed by atoms with Crippen LogP contribution in [0.5, 0.6) is 0 Å². The van der Waals surface area contributed by atoms with Crippen molar-refractivity contribution in [1.82, 2.24) is 31.1 Å². The van der Waals surface area contributed by atoms with E-state index < -0.39 is 5.97 Å². The highest BCUT2D eigenvalue weighted by Gasteiger charge is 2.26. The molecule has 10 nitrogen and oxygen atoms in total. The monoisotopic (exact) mass is 532 g/mol. The summed E-state index contributed by atoms with van der Waals surface area (Å²) in [7, 11) is 0. The third kappa shape index (κ3) is 10.0. The minimum absolute atomic E-state index is 0.0241. The van der Waals surface area contributed by atoms with E-state index in [0.29, 0.717) is 18.4 Å². The topological polar surface area (TPSA) is 130 Å². The van der Waals surface area contributed by atoms with Crippen LogP contribution in [0.3, 0.4) is 0 Å². The average Bonchev–Trinajstić information content (AvgIpc) is 2.93. The maximum absolute atomic E-state index is 10.8. The van der Waals surface area contributed by atoms with Crippen LogP contribution in [0.4, 0.5) is 0 Å². The number of nitrogens with one attached hydrogen (secondary N) is 4. The summed E-state index contributed by atoms with van der Waals surface area (Å²) in [5, 5.41) is 23.2. The number of hydrogen-bond donors (Lipinski definition) is 6. The van der Waals surface area contributed by atoms with Crippen LogP contribution in [-0.2, 0) is 4.79 Å². The van der Waals surface area contributed by atoms with Crippen molar-refractivity contribution in [2.24, 2.45) is 16.6 Å². The molecule has 2 aliphatic carbocycles. The van der Waals surface area contributed by atoms with E-state index in [9.17, 15) is 4.79 Å². The molecule has 0 spiro atoms. The number of piperazine rings is 1. The van der Waals surface area contributed by atoms with Crippen molar-refractivity contribution in [1.29, 1.82) is 0 Å². The molecule has 1 saturated heterocycles. The Bertz CT molecular complexity index is 769. The van der Waals surface area contributed by atoms with Gasteiger partial charge in [-0.15, -0.1) is 0 Å². The summed E-state index contributed by atoms with van der Waals surface area (Å²) in [5.74, 6) is 1.43. The molecule has 4 aliphatic rings. The van der Waals surface area contributed by atoms with E-state index in [1.54, 1.807) is 0 Å². The largest absolute Gasteiger partial charge is 0.481 e. The lowest BCUT2D eigenvalue weighted by molar-refractivity contribution is -0.137. The number of carboxylic acid groups (broad SMARTS) is 1. The van der Waals surface area contributed by atoms with Gasteiger partial charge in [-0.2, -0.15) is 0 Å². The van der Waals surface area contributed by atoms with Gasteiger partial charge in [0.1, 0.15) is 12.0 Å². The van der Waals surface area contributed by atoms with Crippen LogP contribution in [0.25, 0.3) is 0 Å². The van der Waals surface area contributed by atoms with Gasteiger partial charge in [0, 0.05) is 51.4 Å². The van der Waals surface area contributed by atoms with Crippen LogP contribution in [0.1, 0.15) is 77.0 Å². The van der Waals surface area contributed by atoms with Gasteiger partial charge in [0.05, 0.1) is 6.42 Å². The van der Waals surface area contributed by atoms with Crippen LogP contribution < -0.4 is 27.0 Å². The van der Waals surface area contributed by atoms with Gasteiger partial charge in [-0.1, -0.05) is 19.3 Å². The number of hydrogen-bond acceptors (Lipinski definition) is 7. The molecule has 38 heavy (non-hydrogen) atoms. The Balaban J connectivity index is 1.07. The van der Waals surface area contributed by atoms with E-state index in [-0.39, 0.29) is 12.6 Å². The third-order valence-corrected chi connectivity index (χ3v) is 8.81. The van der Waals surface area contributed by atoms with Crippen LogP contribution in [0, 0.1) is 5.92 Å². The first-order valence-electron chi connectivity index (χ1n) is 15.3. The van der Waals surface area contributed by atoms with Gasteiger partial charge in [-0.25, -0.2) is 0 Å². The van der Waals surface area contributed by atoms with Gasteiger partial charge in [0.25, 0.3) is 0 Å². The second kappa shape index (κ2) is 15.6. The molecule has 0 aromatic rings. The maximum atomic E-state index is 10.8. The lowest BCUT2D eigenvalue weighted by Gasteiger charge is -2.40. The minimum Gasteiger partial charge on any atom is -0.481 e. The quantitative estimate of drug-likeness (QED) is 0.196. The normalized spacial score (nSPS) is 29.0. The molecule has 1 unspecified atom stereocenters. The fraction of sp³-hybridized carbons (Fsp3) is 0.857. The second-order valence-corrected chi connectivity index (χ2v) is 11.7. The summed E-state index contributed by atoms with van der Waals surface area (Å²) in [6.07, 6.45) is 16.7. The number of nitrogens with zero attached hydrogens (tertiary/aromatic N) is 3. The van der Waals surface area contributed by atoms with Gasteiger partial charge < -0.3 is 37.0 Å². The highest BCUT2D eigenvalue weighted by atomic mass is 16.4. The van der Waals surface area contributed by atoms with Crippen molar-refractivity contribution in [3.63, 3.8) is 0 Å². The summed E-state index contributed by atoms with van der Waals surface area (Å²) in [6.45, 7) is 7.21. The molecule has 2 heterocycles. The molecule has 7 N–H and O–H groups in total. The van der Waals surface area contributed by atoms with Crippen molar-refractivity contribution >= 4 is 11.9 Å². The molecule has 0 aromatic heterocycles. The fourth-order valence-electron chi connectivity index (χ4n) is 6.39. The molecule has 0 bridgehead atoms. The first kappa shape index (κ1) is 29.1. The van der Waals surface area contributed by atoms with Crippen molar-refractivity contribution in [2.45, 2.75) is 95.3 Å². The van der Waals surface area contributed by atoms with E-state index >= 15 is 0 Å². The lowest BCUT2D eigenvalue weighted by atomic mass is 9.84. The molecule has 4 rings (SSSR count). The molecular formula is C28H52N8O2. The number of guanidine groups is 1. The molecule has 2 aliphatic heterocycles. The summed E-state index contributed by atoms with van der Waals surface area (Å²) >= 11 is 0. The van der Waals surface area contributed by atoms with E-state index in [4.69, 9.17) is 15.8 Å². The predicted octanol–water partition coefficient (Wildman–Crippen LogP) is 1.60. The maximum Gasteiger partial charge on any atom is 0.304 e. The molecule has 0 amide bonds. The Hall–Kier alpha value is -1.88. The minimum atomic E-state index is -0.735. The number of nitrogens with two attached hydrogens (primary N) is 1. The highest BCUT2D eigenvalue weighted by Crippen LogP contribution is 2.27. The van der Waals surface area contributed by atoms with E-state index in [0.717, 1.165) is 70.2 Å². The Kier molecular flexibility index (Phi) is 12.0. The van der Waals surface area contributed by atoms with Crippen molar-refractivity contribution in [2.75, 3.05) is 52.4 Å². The summed E-state index contributed by atoms with van der Waals surface area (Å²) in [4.78, 5) is 20.2. The third-order valence-electron chi connectivity index (χ3n) is 8.81. The predicted molar refractivity (Wildman–Crippen MR) is 153 cm³/mol. The molecule has 0 radical (unpaired) electrons. The number of aliphatic carboxylic acids is 1. The molecular weight excluding hydrogens is 480 g/mol. The smallest absolute Gasteiger partial charge is 0.304 e. The zero-order valence-electron chi connectivity index (χ0n) is 23.3. The standard InChI is InChI=1S/C28H52N8O2/c29-25-21-26(36-19-17-35(18-20-36)16-12-27(37)38)34-28(33-25)32-15-11-22-7-9-24(10-8-22)31-14-4-13-30-23-5-2-1-3-6-23/h21-24,26,30-31H,1-20,29H2,(H,37,38)(H2,32,33,34). The van der Waals surface area contributed by atoms with Crippen LogP contribution in [0.15, 0.2) is 16.9 Å². The Labute approximate surface area is 229 Å². The van der Waals surface area contributed by atoms with Crippen molar-refractivity contribution < 1.29 is 9.90 Å². The highest BCUT2D eigenvalue weighted by molar-refractivity contribution is 5.83. The number of carboxylic acids is 1. The summed E-state index contributed by atoms with van der Waals surface area (Å²) in [5.41, 5.74) is 6.17. The van der Waals surface area contributed by atoms with Crippen LogP contribution in [0.2, 0.25) is 0 Å². The first-order valence-corrected chi connectivity index (χ1v) is 15.3. The molecule has 1 atom stereocenters. The fourth-order valence-corrected chi connectivity index (χ4v) is 6.39. The summed E-state index contributed by atoms with van der Waals surface area (Å²) < 4.78 is 0. The van der Waals surface area contributed by atoms with Crippen molar-refractivity contribution in [3.8, 4) is 0 Å². The number of aliphatic imine (C=N–C) groups is 1. The lowest BCUT2D eigenvalue weighted by Crippen LogP contribution is -2.59. The van der Waals surface area contributed by atoms with E-state index in [1.165, 1.54) is 64.2 Å². The van der Waals surface area contributed by atoms with E-state index in [2.05, 4.69) is 31.1 Å². The van der Waals surface area contributed by atoms with Crippen LogP contribution in [-0.4, -0.2) is 97.4 Å². The number of rotatable bonds is 13. The Morgan fingerprint density at radius 2 is 1.68 bits per heavy atom. The zero-order valence-corrected chi connectivity index (χ0v) is 23.3. The molecule has 216 valence electrons. The Morgan fingerprint density at radius 3 is 2.37 bits per heavy atom. The molecule has 3 fully saturated rings. The van der Waals surface area contributed by atoms with E-state index in [1.807, 2.05) is 6.08 Å². The molecule has 0 aromatic carbocycles. The van der Waals surface area contributed by atoms with Gasteiger partial charge in [0.15, 0.2) is 5.96 Å². The molecule has 10 heteroatoms. The SMILES string of the molecule is NC1=CC(N2CCN(CCC(=O)O)CC2)NC(=NCCC2CCC(NCCCNC3CCCCC3)CC2)N1. The summed E-state index contributed by atoms with van der Waals surface area (Å²) in [6, 6.07) is 1.46. The van der Waals surface area contributed by atoms with Gasteiger partial charge >= 0.3 is 5.97 Å². The molecule has 2 saturated carbocycles. The average molecular weight is 533 g/mol. The zero-order chi connectivity index (χ0) is 26.6. The second-order valence-electron chi connectivity index (χ2n) is 11.7. The van der Waals surface area contributed by atoms with Gasteiger partial charge in [0.2, 0.25) is 0 Å². The van der Waals surface area contributed by atoms with Crippen LogP contribution >= 0.6 is 0 Å². The van der Waals surface area contributed by atoms with Gasteiger partial charge in [-0.3, -0.25) is 14.7 Å². The van der Waals surface area contributed by atoms with Crippen molar-refractivity contribution in [3.05, 3.63) is 11.9 Å². The Morgan fingerprint density at radius 1 is 1.00 bits per heavy atom. The number of carbonyl (C=O) groups is 1. The van der Waals surface area contributed by atoms with Gasteiger partial charge in [-0.05, 0) is 76.5 Å². The first-order chi connectivity index (χ1) is 18.5.